The normalized spacial score (nSPS) is 12.2. The van der Waals surface area contributed by atoms with E-state index in [1.165, 1.54) is 0 Å². The van der Waals surface area contributed by atoms with Crippen LogP contribution in [0, 0.1) is 0 Å². The van der Waals surface area contributed by atoms with Crippen LogP contribution in [0.15, 0.2) is 0 Å². The third-order valence-electron chi connectivity index (χ3n) is 2.52. The second kappa shape index (κ2) is 9.28. The minimum atomic E-state index is -0.776. The van der Waals surface area contributed by atoms with Crippen molar-refractivity contribution >= 4 is 5.91 Å². The predicted octanol–water partition coefficient (Wildman–Crippen LogP) is 1.01. The number of nitrogens with one attached hydrogen (secondary N) is 1. The zero-order valence-electron chi connectivity index (χ0n) is 13.0. The molecule has 0 aliphatic rings. The van der Waals surface area contributed by atoms with Gasteiger partial charge in [0.1, 0.15) is 0 Å². The number of carbonyl (C=O) groups excluding carboxylic acids is 1. The van der Waals surface area contributed by atoms with Crippen LogP contribution in [-0.2, 0) is 9.53 Å². The molecule has 0 bridgehead atoms. The minimum absolute atomic E-state index is 0.00403. The molecule has 0 radical (unpaired) electrons. The second-order valence-corrected chi connectivity index (χ2v) is 5.74. The fourth-order valence-corrected chi connectivity index (χ4v) is 1.70. The summed E-state index contributed by atoms with van der Waals surface area (Å²) in [5.41, 5.74) is -0.776. The third-order valence-corrected chi connectivity index (χ3v) is 2.52. The van der Waals surface area contributed by atoms with E-state index < -0.39 is 5.60 Å². The molecular formula is C14H30N2O3. The quantitative estimate of drug-likeness (QED) is 0.584. The number of hydrogen-bond donors (Lipinski definition) is 2. The van der Waals surface area contributed by atoms with Gasteiger partial charge in [-0.25, -0.2) is 0 Å². The second-order valence-electron chi connectivity index (χ2n) is 5.74. The molecule has 0 atom stereocenters. The third kappa shape index (κ3) is 12.1. The highest BCUT2D eigenvalue weighted by Crippen LogP contribution is 2.04. The summed E-state index contributed by atoms with van der Waals surface area (Å²) in [7, 11) is 0. The van der Waals surface area contributed by atoms with Gasteiger partial charge in [-0.1, -0.05) is 6.92 Å². The van der Waals surface area contributed by atoms with Crippen molar-refractivity contribution in [2.75, 3.05) is 32.8 Å². The smallest absolute Gasteiger partial charge is 0.234 e. The molecule has 0 rings (SSSR count). The number of nitrogens with zero attached hydrogens (tertiary/aromatic N) is 1. The Morgan fingerprint density at radius 3 is 2.53 bits per heavy atom. The van der Waals surface area contributed by atoms with Crippen LogP contribution in [0.1, 0.15) is 41.0 Å². The first kappa shape index (κ1) is 18.4. The van der Waals surface area contributed by atoms with Crippen molar-refractivity contribution in [3.05, 3.63) is 0 Å². The van der Waals surface area contributed by atoms with Crippen molar-refractivity contribution in [2.24, 2.45) is 0 Å². The molecule has 0 aromatic heterocycles. The molecule has 0 fully saturated rings. The lowest BCUT2D eigenvalue weighted by atomic mass is 10.1. The van der Waals surface area contributed by atoms with Crippen LogP contribution in [0.5, 0.6) is 0 Å². The van der Waals surface area contributed by atoms with Gasteiger partial charge in [-0.15, -0.1) is 0 Å². The van der Waals surface area contributed by atoms with E-state index in [0.717, 1.165) is 13.0 Å². The topological polar surface area (TPSA) is 61.8 Å². The molecule has 0 aromatic rings. The number of likely N-dealkylation sites (N-methyl/N-ethyl adjacent to an activating group) is 1. The van der Waals surface area contributed by atoms with Gasteiger partial charge in [0.15, 0.2) is 0 Å². The number of aliphatic hydroxyl groups is 1. The fourth-order valence-electron chi connectivity index (χ4n) is 1.70. The lowest BCUT2D eigenvalue weighted by Crippen LogP contribution is -2.44. The van der Waals surface area contributed by atoms with Gasteiger partial charge in [-0.05, 0) is 40.7 Å². The molecule has 0 aromatic carbocycles. The molecule has 114 valence electrons. The molecular weight excluding hydrogens is 244 g/mol. The first-order valence-corrected chi connectivity index (χ1v) is 7.07. The Hall–Kier alpha value is -0.650. The summed E-state index contributed by atoms with van der Waals surface area (Å²) >= 11 is 0. The fraction of sp³-hybridized carbons (Fsp3) is 0.929. The van der Waals surface area contributed by atoms with Gasteiger partial charge >= 0.3 is 0 Å². The molecule has 0 saturated carbocycles. The Balaban J connectivity index is 3.77. The summed E-state index contributed by atoms with van der Waals surface area (Å²) in [6, 6.07) is 0. The average molecular weight is 274 g/mol. The number of rotatable bonds is 10. The molecule has 0 unspecified atom stereocenters. The molecule has 2 N–H and O–H groups in total. The van der Waals surface area contributed by atoms with E-state index in [9.17, 15) is 9.90 Å². The van der Waals surface area contributed by atoms with Gasteiger partial charge in [0.25, 0.3) is 0 Å². The van der Waals surface area contributed by atoms with Gasteiger partial charge < -0.3 is 15.2 Å². The summed E-state index contributed by atoms with van der Waals surface area (Å²) in [5, 5.41) is 12.6. The van der Waals surface area contributed by atoms with Crippen LogP contribution in [0.25, 0.3) is 0 Å². The maximum atomic E-state index is 11.7. The average Bonchev–Trinajstić information content (AvgIpc) is 2.25. The molecule has 0 spiro atoms. The van der Waals surface area contributed by atoms with Crippen LogP contribution in [0.2, 0.25) is 0 Å². The summed E-state index contributed by atoms with van der Waals surface area (Å²) in [6.07, 6.45) is 1.06. The highest BCUT2D eigenvalue weighted by Gasteiger charge is 2.18. The lowest BCUT2D eigenvalue weighted by Gasteiger charge is -2.27. The van der Waals surface area contributed by atoms with E-state index >= 15 is 0 Å². The Kier molecular flexibility index (Phi) is 8.97. The van der Waals surface area contributed by atoms with Gasteiger partial charge in [0, 0.05) is 19.7 Å². The number of amides is 1. The van der Waals surface area contributed by atoms with Gasteiger partial charge in [-0.2, -0.15) is 0 Å². The maximum Gasteiger partial charge on any atom is 0.234 e. The standard InChI is InChI=1S/C14H30N2O3/c1-6-16(11-14(4,5)18)10-13(17)15-8-7-9-19-12(2)3/h12,18H,6-11H2,1-5H3,(H,15,17). The Labute approximate surface area is 117 Å². The monoisotopic (exact) mass is 274 g/mol. The lowest BCUT2D eigenvalue weighted by molar-refractivity contribution is -0.122. The summed E-state index contributed by atoms with van der Waals surface area (Å²) < 4.78 is 5.40. The van der Waals surface area contributed by atoms with Gasteiger partial charge in [0.2, 0.25) is 5.91 Å². The first-order valence-electron chi connectivity index (χ1n) is 7.07. The van der Waals surface area contributed by atoms with E-state index in [1.54, 1.807) is 13.8 Å². The zero-order chi connectivity index (χ0) is 14.9. The van der Waals surface area contributed by atoms with Crippen molar-refractivity contribution in [2.45, 2.75) is 52.7 Å². The van der Waals surface area contributed by atoms with Crippen LogP contribution >= 0.6 is 0 Å². The first-order chi connectivity index (χ1) is 8.74. The van der Waals surface area contributed by atoms with Crippen molar-refractivity contribution in [3.63, 3.8) is 0 Å². The van der Waals surface area contributed by atoms with E-state index in [0.29, 0.717) is 26.2 Å². The van der Waals surface area contributed by atoms with Crippen LogP contribution < -0.4 is 5.32 Å². The minimum Gasteiger partial charge on any atom is -0.389 e. The summed E-state index contributed by atoms with van der Waals surface area (Å²) in [5.74, 6) is -0.00403. The molecule has 0 aliphatic carbocycles. The molecule has 5 heteroatoms. The Morgan fingerprint density at radius 2 is 2.05 bits per heavy atom. The van der Waals surface area contributed by atoms with E-state index in [2.05, 4.69) is 5.32 Å². The molecule has 19 heavy (non-hydrogen) atoms. The van der Waals surface area contributed by atoms with E-state index in [1.807, 2.05) is 25.7 Å². The zero-order valence-corrected chi connectivity index (χ0v) is 13.0. The molecule has 0 saturated heterocycles. The van der Waals surface area contributed by atoms with Crippen LogP contribution in [0.3, 0.4) is 0 Å². The largest absolute Gasteiger partial charge is 0.389 e. The van der Waals surface area contributed by atoms with Crippen LogP contribution in [0.4, 0.5) is 0 Å². The van der Waals surface area contributed by atoms with Gasteiger partial charge in [-0.3, -0.25) is 9.69 Å². The highest BCUT2D eigenvalue weighted by atomic mass is 16.5. The summed E-state index contributed by atoms with van der Waals surface area (Å²) in [6.45, 7) is 12.3. The molecule has 0 aliphatic heterocycles. The number of hydrogen-bond acceptors (Lipinski definition) is 4. The van der Waals surface area contributed by atoms with Crippen molar-refractivity contribution in [1.29, 1.82) is 0 Å². The van der Waals surface area contributed by atoms with Crippen LogP contribution in [-0.4, -0.2) is 60.4 Å². The van der Waals surface area contributed by atoms with E-state index in [4.69, 9.17) is 4.74 Å². The summed E-state index contributed by atoms with van der Waals surface area (Å²) in [4.78, 5) is 13.7. The molecule has 1 amide bonds. The molecule has 5 nitrogen and oxygen atoms in total. The van der Waals surface area contributed by atoms with Crippen molar-refractivity contribution in [3.8, 4) is 0 Å². The Morgan fingerprint density at radius 1 is 1.42 bits per heavy atom. The predicted molar refractivity (Wildman–Crippen MR) is 77.1 cm³/mol. The van der Waals surface area contributed by atoms with Gasteiger partial charge in [0.05, 0.1) is 18.2 Å². The number of carbonyl (C=O) groups is 1. The SMILES string of the molecule is CCN(CC(=O)NCCCOC(C)C)CC(C)(C)O. The molecule has 0 heterocycles. The number of ether oxygens (including phenoxy) is 1. The maximum absolute atomic E-state index is 11.7. The Bertz CT molecular complexity index is 250. The van der Waals surface area contributed by atoms with Crippen molar-refractivity contribution < 1.29 is 14.6 Å². The highest BCUT2D eigenvalue weighted by molar-refractivity contribution is 5.77. The van der Waals surface area contributed by atoms with E-state index in [-0.39, 0.29) is 12.0 Å². The van der Waals surface area contributed by atoms with Crippen molar-refractivity contribution in [1.82, 2.24) is 10.2 Å².